The number of H-pyrrole nitrogens is 1. The van der Waals surface area contributed by atoms with Crippen molar-refractivity contribution in [3.05, 3.63) is 30.0 Å². The third-order valence-corrected chi connectivity index (χ3v) is 5.65. The molecular weight excluding hydrogens is 410 g/mol. The van der Waals surface area contributed by atoms with E-state index < -0.39 is 23.9 Å². The molecule has 1 aliphatic rings. The zero-order valence-corrected chi connectivity index (χ0v) is 18.3. The molecule has 9 nitrogen and oxygen atoms in total. The number of hydrogen-bond donors (Lipinski definition) is 5. The Balaban J connectivity index is 1.65. The average Bonchev–Trinajstić information content (AvgIpc) is 3.37. The second-order valence-corrected chi connectivity index (χ2v) is 8.62. The number of aromatic amines is 1. The van der Waals surface area contributed by atoms with Gasteiger partial charge < -0.3 is 26.0 Å². The fourth-order valence-electron chi connectivity index (χ4n) is 3.93. The number of phenolic OH excluding ortho intramolecular Hbond substituents is 1. The predicted octanol–water partition coefficient (Wildman–Crippen LogP) is 1.94. The molecule has 0 unspecified atom stereocenters. The summed E-state index contributed by atoms with van der Waals surface area (Å²) in [6.45, 7) is 4.52. The highest BCUT2D eigenvalue weighted by Gasteiger charge is 2.28. The minimum atomic E-state index is -0.826. The summed E-state index contributed by atoms with van der Waals surface area (Å²) in [5, 5.41) is 28.2. The molecule has 170 valence electrons. The van der Waals surface area contributed by atoms with Gasteiger partial charge in [0.25, 0.3) is 5.91 Å². The van der Waals surface area contributed by atoms with E-state index in [9.17, 15) is 24.8 Å². The SMILES string of the molecule is CC(C)C[C@H](NC(=O)c1cc2c(O)cccc2[nH]1)C(=O)N[C@H](C#N)CC[C@@H]1CCNC1=O. The molecule has 1 aliphatic heterocycles. The van der Waals surface area contributed by atoms with E-state index in [2.05, 4.69) is 27.0 Å². The van der Waals surface area contributed by atoms with Crippen LogP contribution in [-0.4, -0.2) is 46.4 Å². The number of amides is 3. The molecule has 1 aromatic carbocycles. The Morgan fingerprint density at radius 1 is 1.31 bits per heavy atom. The van der Waals surface area contributed by atoms with Gasteiger partial charge in [0.05, 0.1) is 6.07 Å². The van der Waals surface area contributed by atoms with Crippen molar-refractivity contribution in [2.75, 3.05) is 6.54 Å². The van der Waals surface area contributed by atoms with E-state index in [1.807, 2.05) is 13.8 Å². The Labute approximate surface area is 186 Å². The van der Waals surface area contributed by atoms with Gasteiger partial charge >= 0.3 is 0 Å². The Kier molecular flexibility index (Phi) is 7.36. The first kappa shape index (κ1) is 23.1. The molecule has 2 aromatic rings. The van der Waals surface area contributed by atoms with E-state index in [1.54, 1.807) is 12.1 Å². The lowest BCUT2D eigenvalue weighted by atomic mass is 9.98. The van der Waals surface area contributed by atoms with Crippen LogP contribution in [0.15, 0.2) is 24.3 Å². The van der Waals surface area contributed by atoms with Crippen molar-refractivity contribution in [1.29, 1.82) is 5.26 Å². The monoisotopic (exact) mass is 439 g/mol. The largest absolute Gasteiger partial charge is 0.507 e. The van der Waals surface area contributed by atoms with E-state index >= 15 is 0 Å². The molecule has 2 heterocycles. The number of carbonyl (C=O) groups is 3. The Hall–Kier alpha value is -3.54. The summed E-state index contributed by atoms with van der Waals surface area (Å²) < 4.78 is 0. The summed E-state index contributed by atoms with van der Waals surface area (Å²) in [4.78, 5) is 40.4. The van der Waals surface area contributed by atoms with Crippen LogP contribution in [0.3, 0.4) is 0 Å². The van der Waals surface area contributed by atoms with Gasteiger partial charge in [0, 0.05) is 23.4 Å². The molecule has 1 fully saturated rings. The number of hydrogen-bond acceptors (Lipinski definition) is 5. The van der Waals surface area contributed by atoms with Gasteiger partial charge in [-0.1, -0.05) is 19.9 Å². The van der Waals surface area contributed by atoms with E-state index in [1.165, 1.54) is 12.1 Å². The van der Waals surface area contributed by atoms with Crippen LogP contribution in [-0.2, 0) is 9.59 Å². The molecule has 3 atom stereocenters. The van der Waals surface area contributed by atoms with Crippen LogP contribution in [0, 0.1) is 23.2 Å². The number of nitriles is 1. The van der Waals surface area contributed by atoms with Crippen molar-refractivity contribution in [1.82, 2.24) is 20.9 Å². The molecule has 3 rings (SSSR count). The van der Waals surface area contributed by atoms with Gasteiger partial charge in [0.1, 0.15) is 23.5 Å². The first-order valence-electron chi connectivity index (χ1n) is 10.9. The first-order valence-corrected chi connectivity index (χ1v) is 10.9. The molecule has 1 saturated heterocycles. The van der Waals surface area contributed by atoms with Crippen molar-refractivity contribution < 1.29 is 19.5 Å². The maximum absolute atomic E-state index is 12.9. The number of phenols is 1. The van der Waals surface area contributed by atoms with Crippen molar-refractivity contribution in [2.24, 2.45) is 11.8 Å². The lowest BCUT2D eigenvalue weighted by Crippen LogP contribution is -2.50. The normalized spacial score (nSPS) is 17.6. The van der Waals surface area contributed by atoms with Gasteiger partial charge in [-0.15, -0.1) is 0 Å². The van der Waals surface area contributed by atoms with Crippen molar-refractivity contribution in [3.63, 3.8) is 0 Å². The second-order valence-electron chi connectivity index (χ2n) is 8.62. The maximum atomic E-state index is 12.9. The minimum absolute atomic E-state index is 0.0117. The molecule has 3 amide bonds. The third kappa shape index (κ3) is 5.58. The fourth-order valence-corrected chi connectivity index (χ4v) is 3.93. The molecule has 0 saturated carbocycles. The second kappa shape index (κ2) is 10.2. The van der Waals surface area contributed by atoms with Crippen molar-refractivity contribution >= 4 is 28.6 Å². The zero-order chi connectivity index (χ0) is 23.3. The van der Waals surface area contributed by atoms with Crippen LogP contribution in [0.25, 0.3) is 10.9 Å². The maximum Gasteiger partial charge on any atom is 0.268 e. The van der Waals surface area contributed by atoms with Gasteiger partial charge in [0.15, 0.2) is 0 Å². The molecule has 9 heteroatoms. The summed E-state index contributed by atoms with van der Waals surface area (Å²) in [5.74, 6) is -0.872. The highest BCUT2D eigenvalue weighted by Crippen LogP contribution is 2.25. The van der Waals surface area contributed by atoms with E-state index in [0.29, 0.717) is 36.7 Å². The summed E-state index contributed by atoms with van der Waals surface area (Å²) in [6.07, 6.45) is 2.01. The molecule has 0 aliphatic carbocycles. The molecular formula is C23H29N5O4. The molecule has 1 aromatic heterocycles. The molecule has 32 heavy (non-hydrogen) atoms. The fraction of sp³-hybridized carbons (Fsp3) is 0.478. The molecule has 0 radical (unpaired) electrons. The topological polar surface area (TPSA) is 147 Å². The zero-order valence-electron chi connectivity index (χ0n) is 18.3. The average molecular weight is 440 g/mol. The standard InChI is InChI=1S/C23H29N5O4/c1-13(2)10-18(22(31)26-15(12-24)7-6-14-8-9-25-21(14)30)28-23(32)19-11-16-17(27-19)4-3-5-20(16)29/h3-5,11,13-15,18,27,29H,6-10H2,1-2H3,(H,25,30)(H,26,31)(H,28,32)/t14-,15+,18+/m1/s1. The quantitative estimate of drug-likeness (QED) is 0.405. The number of benzene rings is 1. The van der Waals surface area contributed by atoms with Gasteiger partial charge in [0.2, 0.25) is 11.8 Å². The minimum Gasteiger partial charge on any atom is -0.507 e. The first-order chi connectivity index (χ1) is 15.3. The third-order valence-electron chi connectivity index (χ3n) is 5.65. The number of aromatic nitrogens is 1. The van der Waals surface area contributed by atoms with Gasteiger partial charge in [-0.25, -0.2) is 0 Å². The van der Waals surface area contributed by atoms with Crippen LogP contribution >= 0.6 is 0 Å². The number of aromatic hydroxyl groups is 1. The van der Waals surface area contributed by atoms with E-state index in [-0.39, 0.29) is 29.2 Å². The number of nitrogens with zero attached hydrogens (tertiary/aromatic N) is 1. The summed E-state index contributed by atoms with van der Waals surface area (Å²) in [5.41, 5.74) is 0.840. The van der Waals surface area contributed by atoms with E-state index in [0.717, 1.165) is 6.42 Å². The van der Waals surface area contributed by atoms with Gasteiger partial charge in [-0.2, -0.15) is 5.26 Å². The number of fused-ring (bicyclic) bond motifs is 1. The predicted molar refractivity (Wildman–Crippen MR) is 119 cm³/mol. The van der Waals surface area contributed by atoms with Crippen LogP contribution < -0.4 is 16.0 Å². The Morgan fingerprint density at radius 3 is 2.72 bits per heavy atom. The van der Waals surface area contributed by atoms with Gasteiger partial charge in [-0.3, -0.25) is 14.4 Å². The lowest BCUT2D eigenvalue weighted by molar-refractivity contribution is -0.123. The van der Waals surface area contributed by atoms with Crippen LogP contribution in [0.1, 0.15) is 50.0 Å². The molecule has 0 bridgehead atoms. The number of carbonyl (C=O) groups excluding carboxylic acids is 3. The highest BCUT2D eigenvalue weighted by molar-refractivity contribution is 6.01. The highest BCUT2D eigenvalue weighted by atomic mass is 16.3. The number of nitrogens with one attached hydrogen (secondary N) is 4. The summed E-state index contributed by atoms with van der Waals surface area (Å²) in [7, 11) is 0. The van der Waals surface area contributed by atoms with Crippen LogP contribution in [0.5, 0.6) is 5.75 Å². The molecule has 5 N–H and O–H groups in total. The Morgan fingerprint density at radius 2 is 2.09 bits per heavy atom. The molecule has 0 spiro atoms. The summed E-state index contributed by atoms with van der Waals surface area (Å²) in [6, 6.07) is 6.99. The number of rotatable bonds is 9. The Bertz CT molecular complexity index is 1040. The van der Waals surface area contributed by atoms with Crippen molar-refractivity contribution in [3.8, 4) is 11.8 Å². The smallest absolute Gasteiger partial charge is 0.268 e. The van der Waals surface area contributed by atoms with Crippen LogP contribution in [0.4, 0.5) is 0 Å². The lowest BCUT2D eigenvalue weighted by Gasteiger charge is -2.22. The van der Waals surface area contributed by atoms with Crippen LogP contribution in [0.2, 0.25) is 0 Å². The van der Waals surface area contributed by atoms with Gasteiger partial charge in [-0.05, 0) is 49.8 Å². The van der Waals surface area contributed by atoms with Crippen molar-refractivity contribution in [2.45, 2.75) is 51.6 Å². The summed E-state index contributed by atoms with van der Waals surface area (Å²) >= 11 is 0. The van der Waals surface area contributed by atoms with E-state index in [4.69, 9.17) is 0 Å².